The van der Waals surface area contributed by atoms with E-state index >= 15 is 0 Å². The Labute approximate surface area is 141 Å². The lowest BCUT2D eigenvalue weighted by atomic mass is 9.69. The molecule has 126 valence electrons. The Balaban J connectivity index is 1.55. The third kappa shape index (κ3) is 2.08. The first-order valence-corrected chi connectivity index (χ1v) is 8.56. The number of aromatic nitrogens is 4. The van der Waals surface area contributed by atoms with E-state index in [9.17, 15) is 4.79 Å². The highest BCUT2D eigenvalue weighted by molar-refractivity contribution is 5.95. The molecule has 1 heterocycles. The van der Waals surface area contributed by atoms with E-state index in [0.717, 1.165) is 12.1 Å². The molecule has 1 amide bonds. The predicted molar refractivity (Wildman–Crippen MR) is 89.6 cm³/mol. The number of benzene rings is 1. The van der Waals surface area contributed by atoms with Crippen molar-refractivity contribution in [3.8, 4) is 5.69 Å². The van der Waals surface area contributed by atoms with Gasteiger partial charge in [-0.25, -0.2) is 4.68 Å². The molecule has 0 aliphatic heterocycles. The van der Waals surface area contributed by atoms with E-state index in [2.05, 4.69) is 41.6 Å². The van der Waals surface area contributed by atoms with Gasteiger partial charge in [-0.2, -0.15) is 0 Å². The number of nitrogens with one attached hydrogen (secondary N) is 1. The zero-order valence-electron chi connectivity index (χ0n) is 14.4. The molecule has 2 aliphatic carbocycles. The second kappa shape index (κ2) is 5.13. The topological polar surface area (TPSA) is 72.7 Å². The van der Waals surface area contributed by atoms with Crippen LogP contribution in [0.4, 0.5) is 0 Å². The molecule has 1 N–H and O–H groups in total. The van der Waals surface area contributed by atoms with Crippen LogP contribution < -0.4 is 5.32 Å². The first-order valence-electron chi connectivity index (χ1n) is 8.56. The first-order chi connectivity index (χ1) is 11.4. The van der Waals surface area contributed by atoms with E-state index in [-0.39, 0.29) is 17.4 Å². The molecule has 2 aromatic rings. The zero-order valence-corrected chi connectivity index (χ0v) is 14.4. The third-order valence-electron chi connectivity index (χ3n) is 6.82. The Kier molecular flexibility index (Phi) is 3.27. The standard InChI is InChI=1S/C18H23N5O/c1-17(2)13-7-8-18(17,3)15(10-13)20-16(24)12-5-4-6-14(9-12)23-11-19-21-22-23/h4-6,9,11,13,15H,7-8,10H2,1-3H3,(H,20,24)/t13-,15-,18-/m0/s1. The van der Waals surface area contributed by atoms with Crippen LogP contribution in [0.3, 0.4) is 0 Å². The van der Waals surface area contributed by atoms with Gasteiger partial charge in [0.1, 0.15) is 6.33 Å². The number of tetrazole rings is 1. The van der Waals surface area contributed by atoms with Crippen molar-refractivity contribution in [1.82, 2.24) is 25.5 Å². The molecule has 4 rings (SSSR count). The van der Waals surface area contributed by atoms with Crippen LogP contribution in [-0.4, -0.2) is 32.2 Å². The van der Waals surface area contributed by atoms with Crippen molar-refractivity contribution < 1.29 is 4.79 Å². The molecule has 1 aromatic carbocycles. The number of carbonyl (C=O) groups is 1. The van der Waals surface area contributed by atoms with Gasteiger partial charge in [0.2, 0.25) is 0 Å². The van der Waals surface area contributed by atoms with E-state index in [1.807, 2.05) is 24.3 Å². The molecule has 1 aromatic heterocycles. The van der Waals surface area contributed by atoms with Gasteiger partial charge in [-0.3, -0.25) is 4.79 Å². The van der Waals surface area contributed by atoms with Crippen LogP contribution in [-0.2, 0) is 0 Å². The van der Waals surface area contributed by atoms with Crippen molar-refractivity contribution in [2.75, 3.05) is 0 Å². The molecule has 6 nitrogen and oxygen atoms in total. The van der Waals surface area contributed by atoms with Gasteiger partial charge in [-0.05, 0) is 64.6 Å². The summed E-state index contributed by atoms with van der Waals surface area (Å²) >= 11 is 0. The van der Waals surface area contributed by atoms with Crippen LogP contribution in [0.1, 0.15) is 50.4 Å². The average molecular weight is 325 g/mol. The molecule has 0 spiro atoms. The molecule has 6 heteroatoms. The summed E-state index contributed by atoms with van der Waals surface area (Å²) in [6, 6.07) is 7.65. The van der Waals surface area contributed by atoms with Crippen LogP contribution in [0.5, 0.6) is 0 Å². The minimum Gasteiger partial charge on any atom is -0.349 e. The fraction of sp³-hybridized carbons (Fsp3) is 0.556. The van der Waals surface area contributed by atoms with E-state index in [1.54, 1.807) is 4.68 Å². The number of carbonyl (C=O) groups excluding carboxylic acids is 1. The maximum Gasteiger partial charge on any atom is 0.251 e. The highest BCUT2D eigenvalue weighted by atomic mass is 16.1. The van der Waals surface area contributed by atoms with E-state index in [4.69, 9.17) is 0 Å². The summed E-state index contributed by atoms with van der Waals surface area (Å²) in [5, 5.41) is 14.4. The highest BCUT2D eigenvalue weighted by Crippen LogP contribution is 2.65. The smallest absolute Gasteiger partial charge is 0.251 e. The Hall–Kier alpha value is -2.24. The van der Waals surface area contributed by atoms with E-state index in [0.29, 0.717) is 16.9 Å². The number of hydrogen-bond acceptors (Lipinski definition) is 4. The van der Waals surface area contributed by atoms with Gasteiger partial charge in [0.05, 0.1) is 5.69 Å². The zero-order chi connectivity index (χ0) is 16.9. The van der Waals surface area contributed by atoms with Gasteiger partial charge in [0.25, 0.3) is 5.91 Å². The fourth-order valence-electron chi connectivity index (χ4n) is 4.73. The largest absolute Gasteiger partial charge is 0.349 e. The van der Waals surface area contributed by atoms with Gasteiger partial charge in [0.15, 0.2) is 0 Å². The van der Waals surface area contributed by atoms with Crippen LogP contribution in [0, 0.1) is 16.7 Å². The lowest BCUT2D eigenvalue weighted by Crippen LogP contribution is -2.46. The molecular weight excluding hydrogens is 302 g/mol. The molecule has 3 atom stereocenters. The Morgan fingerprint density at radius 2 is 2.17 bits per heavy atom. The molecule has 2 bridgehead atoms. The summed E-state index contributed by atoms with van der Waals surface area (Å²) in [4.78, 5) is 12.8. The second-order valence-corrected chi connectivity index (χ2v) is 7.94. The second-order valence-electron chi connectivity index (χ2n) is 7.94. The van der Waals surface area contributed by atoms with Crippen molar-refractivity contribution in [2.45, 2.75) is 46.1 Å². The average Bonchev–Trinajstić information content (AvgIpc) is 3.22. The summed E-state index contributed by atoms with van der Waals surface area (Å²) in [5.74, 6) is 0.694. The summed E-state index contributed by atoms with van der Waals surface area (Å²) in [7, 11) is 0. The number of fused-ring (bicyclic) bond motifs is 2. The van der Waals surface area contributed by atoms with Crippen molar-refractivity contribution >= 4 is 5.91 Å². The molecule has 0 radical (unpaired) electrons. The van der Waals surface area contributed by atoms with Gasteiger partial charge < -0.3 is 5.32 Å². The summed E-state index contributed by atoms with van der Waals surface area (Å²) in [5.41, 5.74) is 1.90. The van der Waals surface area contributed by atoms with Crippen molar-refractivity contribution in [3.63, 3.8) is 0 Å². The third-order valence-corrected chi connectivity index (χ3v) is 6.82. The molecular formula is C18H23N5O. The Morgan fingerprint density at radius 3 is 2.79 bits per heavy atom. The lowest BCUT2D eigenvalue weighted by molar-refractivity contribution is 0.0826. The number of amides is 1. The van der Waals surface area contributed by atoms with Crippen molar-refractivity contribution in [3.05, 3.63) is 36.2 Å². The minimum absolute atomic E-state index is 0.0144. The summed E-state index contributed by atoms with van der Waals surface area (Å²) in [6.45, 7) is 7.05. The van der Waals surface area contributed by atoms with Crippen LogP contribution in [0.25, 0.3) is 5.69 Å². The van der Waals surface area contributed by atoms with Crippen LogP contribution >= 0.6 is 0 Å². The van der Waals surface area contributed by atoms with Crippen molar-refractivity contribution in [2.24, 2.45) is 16.7 Å². The van der Waals surface area contributed by atoms with E-state index < -0.39 is 0 Å². The van der Waals surface area contributed by atoms with Gasteiger partial charge in [0, 0.05) is 11.6 Å². The quantitative estimate of drug-likeness (QED) is 0.941. The van der Waals surface area contributed by atoms with E-state index in [1.165, 1.54) is 19.2 Å². The SMILES string of the molecule is CC1(C)[C@H]2CC[C@@]1(C)[C@@H](NC(=O)c1cccc(-n3cnnn3)c1)C2. The molecule has 2 fully saturated rings. The minimum atomic E-state index is -0.0144. The van der Waals surface area contributed by atoms with Crippen molar-refractivity contribution in [1.29, 1.82) is 0 Å². The first kappa shape index (κ1) is 15.3. The summed E-state index contributed by atoms with van der Waals surface area (Å²) < 4.78 is 1.55. The molecule has 24 heavy (non-hydrogen) atoms. The van der Waals surface area contributed by atoms with Gasteiger partial charge in [-0.15, -0.1) is 5.10 Å². The lowest BCUT2D eigenvalue weighted by Gasteiger charge is -2.39. The van der Waals surface area contributed by atoms with Crippen LogP contribution in [0.2, 0.25) is 0 Å². The summed E-state index contributed by atoms with van der Waals surface area (Å²) in [6.07, 6.45) is 5.09. The molecule has 2 saturated carbocycles. The Morgan fingerprint density at radius 1 is 1.33 bits per heavy atom. The molecule has 0 unspecified atom stereocenters. The number of nitrogens with zero attached hydrogens (tertiary/aromatic N) is 4. The fourth-order valence-corrected chi connectivity index (χ4v) is 4.73. The Bertz CT molecular complexity index is 769. The monoisotopic (exact) mass is 325 g/mol. The predicted octanol–water partition coefficient (Wildman–Crippen LogP) is 2.61. The van der Waals surface area contributed by atoms with Crippen LogP contribution in [0.15, 0.2) is 30.6 Å². The van der Waals surface area contributed by atoms with Gasteiger partial charge in [-0.1, -0.05) is 26.8 Å². The normalized spacial score (nSPS) is 30.5. The number of hydrogen-bond donors (Lipinski definition) is 1. The number of rotatable bonds is 3. The maximum atomic E-state index is 12.8. The molecule has 2 aliphatic rings. The maximum absolute atomic E-state index is 12.8. The molecule has 0 saturated heterocycles. The highest BCUT2D eigenvalue weighted by Gasteiger charge is 2.61. The van der Waals surface area contributed by atoms with Gasteiger partial charge >= 0.3 is 0 Å².